The summed E-state index contributed by atoms with van der Waals surface area (Å²) >= 11 is 1.94. The van der Waals surface area contributed by atoms with Gasteiger partial charge in [0.05, 0.1) is 6.54 Å². The second kappa shape index (κ2) is 8.22. The molecule has 6 heteroatoms. The van der Waals surface area contributed by atoms with Crippen molar-refractivity contribution in [1.29, 1.82) is 0 Å². The number of aliphatic imine (C=N–C) groups is 1. The van der Waals surface area contributed by atoms with E-state index in [-0.39, 0.29) is 35.2 Å². The topological polar surface area (TPSA) is 41.6 Å². The molecule has 1 aromatic carbocycles. The summed E-state index contributed by atoms with van der Waals surface area (Å²) in [7, 11) is 0. The van der Waals surface area contributed by atoms with Crippen LogP contribution in [0.25, 0.3) is 0 Å². The van der Waals surface area contributed by atoms with Crippen molar-refractivity contribution < 1.29 is 4.39 Å². The van der Waals surface area contributed by atoms with E-state index in [0.29, 0.717) is 12.5 Å². The summed E-state index contributed by atoms with van der Waals surface area (Å²) in [5.74, 6) is 2.60. The van der Waals surface area contributed by atoms with Crippen LogP contribution in [-0.2, 0) is 5.41 Å². The van der Waals surface area contributed by atoms with Crippen LogP contribution < -0.4 is 5.73 Å². The third-order valence-corrected chi connectivity index (χ3v) is 4.52. The number of guanidine groups is 1. The van der Waals surface area contributed by atoms with E-state index >= 15 is 0 Å². The predicted molar refractivity (Wildman–Crippen MR) is 100 cm³/mol. The molecular formula is C15H23FIN3S. The van der Waals surface area contributed by atoms with Gasteiger partial charge in [0, 0.05) is 30.0 Å². The van der Waals surface area contributed by atoms with Gasteiger partial charge in [0.2, 0.25) is 0 Å². The van der Waals surface area contributed by atoms with Gasteiger partial charge in [0.1, 0.15) is 5.82 Å². The molecule has 0 atom stereocenters. The number of benzene rings is 1. The summed E-state index contributed by atoms with van der Waals surface area (Å²) in [4.78, 5) is 6.64. The number of hydrogen-bond donors (Lipinski definition) is 1. The van der Waals surface area contributed by atoms with Gasteiger partial charge >= 0.3 is 0 Å². The molecule has 1 fully saturated rings. The summed E-state index contributed by atoms with van der Waals surface area (Å²) in [5, 5.41) is 0. The Morgan fingerprint density at radius 1 is 1.38 bits per heavy atom. The Labute approximate surface area is 147 Å². The highest BCUT2D eigenvalue weighted by Crippen LogP contribution is 2.24. The lowest BCUT2D eigenvalue weighted by atomic mass is 9.85. The average Bonchev–Trinajstić information content (AvgIpc) is 2.46. The van der Waals surface area contributed by atoms with Crippen LogP contribution >= 0.6 is 35.7 Å². The SMILES string of the molecule is CC(C)(CN=C(N)N1CCSCC1)c1cccc(F)c1.I. The van der Waals surface area contributed by atoms with E-state index < -0.39 is 0 Å². The molecule has 0 aliphatic carbocycles. The maximum Gasteiger partial charge on any atom is 0.191 e. The molecule has 1 aromatic rings. The highest BCUT2D eigenvalue weighted by Gasteiger charge is 2.21. The first kappa shape index (κ1) is 18.5. The zero-order valence-electron chi connectivity index (χ0n) is 12.5. The summed E-state index contributed by atoms with van der Waals surface area (Å²) in [6.45, 7) is 6.60. The minimum Gasteiger partial charge on any atom is -0.370 e. The number of halogens is 2. The Balaban J connectivity index is 0.00000220. The molecule has 0 amide bonds. The summed E-state index contributed by atoms with van der Waals surface area (Å²) in [6.07, 6.45) is 0. The van der Waals surface area contributed by atoms with Gasteiger partial charge in [-0.15, -0.1) is 24.0 Å². The van der Waals surface area contributed by atoms with E-state index in [1.165, 1.54) is 6.07 Å². The van der Waals surface area contributed by atoms with Crippen molar-refractivity contribution in [2.45, 2.75) is 19.3 Å². The second-order valence-electron chi connectivity index (χ2n) is 5.67. The van der Waals surface area contributed by atoms with Crippen molar-refractivity contribution in [3.8, 4) is 0 Å². The van der Waals surface area contributed by atoms with Crippen LogP contribution in [0.1, 0.15) is 19.4 Å². The zero-order chi connectivity index (χ0) is 14.6. The molecule has 0 spiro atoms. The maximum absolute atomic E-state index is 13.3. The van der Waals surface area contributed by atoms with Gasteiger partial charge in [-0.3, -0.25) is 4.99 Å². The van der Waals surface area contributed by atoms with Gasteiger partial charge in [0.15, 0.2) is 5.96 Å². The Kier molecular flexibility index (Phi) is 7.26. The minimum atomic E-state index is -0.225. The molecule has 3 nitrogen and oxygen atoms in total. The highest BCUT2D eigenvalue weighted by molar-refractivity contribution is 14.0. The minimum absolute atomic E-state index is 0. The standard InChI is InChI=1S/C15H22FN3S.HI/c1-15(2,12-4-3-5-13(16)10-12)11-18-14(17)19-6-8-20-9-7-19;/h3-5,10H,6-9,11H2,1-2H3,(H2,17,18);1H. The summed E-state index contributed by atoms with van der Waals surface area (Å²) in [5.41, 5.74) is 6.78. The normalized spacial score (nSPS) is 16.5. The molecule has 1 aliphatic rings. The quantitative estimate of drug-likeness (QED) is 0.462. The molecule has 1 heterocycles. The van der Waals surface area contributed by atoms with Gasteiger partial charge in [0.25, 0.3) is 0 Å². The molecule has 1 saturated heterocycles. The first-order chi connectivity index (χ1) is 9.49. The molecule has 21 heavy (non-hydrogen) atoms. The fraction of sp³-hybridized carbons (Fsp3) is 0.533. The predicted octanol–water partition coefficient (Wildman–Crippen LogP) is 3.08. The molecule has 0 saturated carbocycles. The van der Waals surface area contributed by atoms with Crippen LogP contribution in [0.3, 0.4) is 0 Å². The van der Waals surface area contributed by atoms with E-state index in [9.17, 15) is 4.39 Å². The average molecular weight is 423 g/mol. The van der Waals surface area contributed by atoms with Crippen molar-refractivity contribution >= 4 is 41.7 Å². The fourth-order valence-electron chi connectivity index (χ4n) is 2.17. The monoisotopic (exact) mass is 423 g/mol. The van der Waals surface area contributed by atoms with E-state index in [0.717, 1.165) is 30.2 Å². The van der Waals surface area contributed by atoms with Crippen molar-refractivity contribution in [1.82, 2.24) is 4.90 Å². The fourth-order valence-corrected chi connectivity index (χ4v) is 3.07. The zero-order valence-corrected chi connectivity index (χ0v) is 15.7. The van der Waals surface area contributed by atoms with Crippen molar-refractivity contribution in [2.75, 3.05) is 31.1 Å². The molecule has 2 rings (SSSR count). The Bertz CT molecular complexity index is 488. The number of rotatable bonds is 3. The van der Waals surface area contributed by atoms with E-state index in [4.69, 9.17) is 5.73 Å². The molecule has 1 aliphatic heterocycles. The number of nitrogens with zero attached hydrogens (tertiary/aromatic N) is 2. The van der Waals surface area contributed by atoms with Crippen molar-refractivity contribution in [3.63, 3.8) is 0 Å². The van der Waals surface area contributed by atoms with E-state index in [1.54, 1.807) is 12.1 Å². The molecule has 0 bridgehead atoms. The first-order valence-electron chi connectivity index (χ1n) is 6.88. The molecular weight excluding hydrogens is 400 g/mol. The summed E-state index contributed by atoms with van der Waals surface area (Å²) < 4.78 is 13.3. The van der Waals surface area contributed by atoms with Gasteiger partial charge in [-0.1, -0.05) is 26.0 Å². The molecule has 2 N–H and O–H groups in total. The lowest BCUT2D eigenvalue weighted by molar-refractivity contribution is 0.449. The van der Waals surface area contributed by atoms with Gasteiger partial charge in [-0.2, -0.15) is 11.8 Å². The third kappa shape index (κ3) is 5.32. The van der Waals surface area contributed by atoms with Crippen LogP contribution in [0.5, 0.6) is 0 Å². The van der Waals surface area contributed by atoms with Gasteiger partial charge in [-0.05, 0) is 17.7 Å². The van der Waals surface area contributed by atoms with Crippen LogP contribution in [0.4, 0.5) is 4.39 Å². The third-order valence-electron chi connectivity index (χ3n) is 3.58. The van der Waals surface area contributed by atoms with Crippen molar-refractivity contribution in [3.05, 3.63) is 35.6 Å². The summed E-state index contributed by atoms with van der Waals surface area (Å²) in [6, 6.07) is 6.71. The van der Waals surface area contributed by atoms with Crippen LogP contribution in [0.2, 0.25) is 0 Å². The van der Waals surface area contributed by atoms with Crippen LogP contribution in [0, 0.1) is 5.82 Å². The lowest BCUT2D eigenvalue weighted by Crippen LogP contribution is -2.43. The molecule has 118 valence electrons. The number of hydrogen-bond acceptors (Lipinski definition) is 2. The van der Waals surface area contributed by atoms with Gasteiger partial charge in [-0.25, -0.2) is 4.39 Å². The first-order valence-corrected chi connectivity index (χ1v) is 8.03. The van der Waals surface area contributed by atoms with Crippen molar-refractivity contribution in [2.24, 2.45) is 10.7 Å². The van der Waals surface area contributed by atoms with Gasteiger partial charge < -0.3 is 10.6 Å². The Morgan fingerprint density at radius 3 is 2.67 bits per heavy atom. The number of thioether (sulfide) groups is 1. The Morgan fingerprint density at radius 2 is 2.05 bits per heavy atom. The van der Waals surface area contributed by atoms with Crippen LogP contribution in [-0.4, -0.2) is 42.0 Å². The van der Waals surface area contributed by atoms with E-state index in [2.05, 4.69) is 23.7 Å². The second-order valence-corrected chi connectivity index (χ2v) is 6.89. The molecule has 0 radical (unpaired) electrons. The lowest BCUT2D eigenvalue weighted by Gasteiger charge is -2.29. The molecule has 0 unspecified atom stereocenters. The molecule has 0 aromatic heterocycles. The van der Waals surface area contributed by atoms with E-state index in [1.807, 2.05) is 17.8 Å². The largest absolute Gasteiger partial charge is 0.370 e. The number of nitrogens with two attached hydrogens (primary N) is 1. The highest BCUT2D eigenvalue weighted by atomic mass is 127. The van der Waals surface area contributed by atoms with Crippen LogP contribution in [0.15, 0.2) is 29.3 Å². The Hall–Kier alpha value is -0.500. The smallest absolute Gasteiger partial charge is 0.191 e. The maximum atomic E-state index is 13.3.